The summed E-state index contributed by atoms with van der Waals surface area (Å²) in [7, 11) is 0. The maximum Gasteiger partial charge on any atom is 0.327 e. The zero-order chi connectivity index (χ0) is 13.8. The highest BCUT2D eigenvalue weighted by atomic mass is 32.2. The van der Waals surface area contributed by atoms with Crippen LogP contribution in [-0.2, 0) is 9.59 Å². The first-order valence-corrected chi connectivity index (χ1v) is 6.57. The lowest BCUT2D eigenvalue weighted by molar-refractivity contribution is -0.139. The molecule has 0 aliphatic rings. The molecule has 0 unspecified atom stereocenters. The fourth-order valence-electron chi connectivity index (χ4n) is 0.916. The molecule has 17 heavy (non-hydrogen) atoms. The van der Waals surface area contributed by atoms with Crippen LogP contribution in [0.1, 0.15) is 20.3 Å². The average Bonchev–Trinajstić information content (AvgIpc) is 2.24. The Morgan fingerprint density at radius 2 is 1.88 bits per heavy atom. The minimum absolute atomic E-state index is 0.230. The van der Waals surface area contributed by atoms with Crippen molar-refractivity contribution < 1.29 is 19.8 Å². The Hall–Kier alpha value is -1.01. The lowest BCUT2D eigenvalue weighted by Crippen LogP contribution is -2.41. The summed E-state index contributed by atoms with van der Waals surface area (Å²) >= 11 is 1.67. The van der Waals surface area contributed by atoms with Crippen LogP contribution in [-0.4, -0.2) is 46.2 Å². The van der Waals surface area contributed by atoms with Crippen LogP contribution in [0.4, 0.5) is 0 Å². The molecule has 0 bridgehead atoms. The summed E-state index contributed by atoms with van der Waals surface area (Å²) in [4.78, 5) is 19.9. The van der Waals surface area contributed by atoms with E-state index in [0.29, 0.717) is 6.42 Å². The second-order valence-electron chi connectivity index (χ2n) is 3.54. The van der Waals surface area contributed by atoms with Crippen LogP contribution < -0.4 is 5.32 Å². The number of carbonyl (C=O) groups is 2. The number of hydrogen-bond donors (Lipinski definition) is 3. The molecule has 0 heterocycles. The predicted octanol–water partition coefficient (Wildman–Crippen LogP) is 1.45. The van der Waals surface area contributed by atoms with Gasteiger partial charge in [-0.3, -0.25) is 4.79 Å². The topological polar surface area (TPSA) is 86.6 Å². The first kappa shape index (κ1) is 18.4. The van der Waals surface area contributed by atoms with Crippen LogP contribution in [0, 0.1) is 0 Å². The molecule has 0 saturated heterocycles. The second-order valence-corrected chi connectivity index (χ2v) is 4.52. The van der Waals surface area contributed by atoms with E-state index < -0.39 is 18.0 Å². The number of hydrogen-bond acceptors (Lipinski definition) is 4. The quantitative estimate of drug-likeness (QED) is 0.603. The second kappa shape index (κ2) is 11.5. The van der Waals surface area contributed by atoms with Gasteiger partial charge in [0.1, 0.15) is 6.04 Å². The van der Waals surface area contributed by atoms with E-state index in [1.165, 1.54) is 0 Å². The molecule has 0 aromatic carbocycles. The Morgan fingerprint density at radius 3 is 2.12 bits per heavy atom. The van der Waals surface area contributed by atoms with Gasteiger partial charge in [0.15, 0.2) is 0 Å². The van der Waals surface area contributed by atoms with Gasteiger partial charge in [-0.1, -0.05) is 20.4 Å². The van der Waals surface area contributed by atoms with Crippen LogP contribution in [0.25, 0.3) is 0 Å². The van der Waals surface area contributed by atoms with E-state index in [2.05, 4.69) is 11.9 Å². The minimum atomic E-state index is -0.981. The zero-order valence-electron chi connectivity index (χ0n) is 10.5. The molecule has 5 nitrogen and oxygen atoms in total. The van der Waals surface area contributed by atoms with Crippen molar-refractivity contribution in [1.82, 2.24) is 5.32 Å². The molecule has 100 valence electrons. The first-order valence-electron chi connectivity index (χ1n) is 5.18. The minimum Gasteiger partial charge on any atom is -0.480 e. The van der Waals surface area contributed by atoms with Gasteiger partial charge in [-0.15, -0.1) is 0 Å². The smallest absolute Gasteiger partial charge is 0.327 e. The van der Waals surface area contributed by atoms with E-state index >= 15 is 0 Å². The summed E-state index contributed by atoms with van der Waals surface area (Å²) in [6, 6.07) is -0.162. The number of carboxylic acids is 2. The standard InChI is InChI=1S/C8H17NO2S.C3H4O2/c1-6(2)9-7(8(10)11)4-5-12-3;1-2-3(4)5/h6-7,9H,4-5H2,1-3H3,(H,10,11);2H,1H2,(H,4,5)/t7-;/m0./s1. The predicted molar refractivity (Wildman–Crippen MR) is 70.5 cm³/mol. The maximum atomic E-state index is 10.7. The fourth-order valence-corrected chi connectivity index (χ4v) is 1.39. The Morgan fingerprint density at radius 1 is 1.41 bits per heavy atom. The monoisotopic (exact) mass is 263 g/mol. The Kier molecular flexibility index (Phi) is 12.4. The van der Waals surface area contributed by atoms with Gasteiger partial charge in [-0.05, 0) is 18.4 Å². The molecule has 0 spiro atoms. The van der Waals surface area contributed by atoms with Gasteiger partial charge in [0, 0.05) is 12.1 Å². The molecule has 3 N–H and O–H groups in total. The third kappa shape index (κ3) is 15.0. The molecule has 0 aromatic heterocycles. The summed E-state index contributed by atoms with van der Waals surface area (Å²) in [6.07, 6.45) is 3.50. The summed E-state index contributed by atoms with van der Waals surface area (Å²) in [5, 5.41) is 19.4. The van der Waals surface area contributed by atoms with E-state index in [1.807, 2.05) is 20.1 Å². The normalized spacial score (nSPS) is 11.3. The Bertz CT molecular complexity index is 244. The number of thioether (sulfide) groups is 1. The molecule has 0 fully saturated rings. The van der Waals surface area contributed by atoms with E-state index in [9.17, 15) is 9.59 Å². The van der Waals surface area contributed by atoms with Gasteiger partial charge in [0.05, 0.1) is 0 Å². The van der Waals surface area contributed by atoms with Crippen LogP contribution in [0.2, 0.25) is 0 Å². The number of rotatable bonds is 7. The van der Waals surface area contributed by atoms with Crippen molar-refractivity contribution in [2.45, 2.75) is 32.4 Å². The van der Waals surface area contributed by atoms with Gasteiger partial charge >= 0.3 is 11.9 Å². The summed E-state index contributed by atoms with van der Waals surface area (Å²) in [5.41, 5.74) is 0. The molecular formula is C11H21NO4S. The molecule has 6 heteroatoms. The van der Waals surface area contributed by atoms with E-state index in [4.69, 9.17) is 10.2 Å². The van der Waals surface area contributed by atoms with Crippen molar-refractivity contribution in [3.8, 4) is 0 Å². The zero-order valence-corrected chi connectivity index (χ0v) is 11.3. The maximum absolute atomic E-state index is 10.7. The largest absolute Gasteiger partial charge is 0.480 e. The van der Waals surface area contributed by atoms with Gasteiger partial charge in [0.2, 0.25) is 0 Å². The first-order chi connectivity index (χ1) is 7.84. The molecule has 0 rings (SSSR count). The van der Waals surface area contributed by atoms with Crippen LogP contribution in [0.5, 0.6) is 0 Å². The van der Waals surface area contributed by atoms with Gasteiger partial charge in [0.25, 0.3) is 0 Å². The summed E-state index contributed by atoms with van der Waals surface area (Å²) in [5.74, 6) is -0.848. The highest BCUT2D eigenvalue weighted by Crippen LogP contribution is 2.01. The van der Waals surface area contributed by atoms with Crippen molar-refractivity contribution in [2.75, 3.05) is 12.0 Å². The Labute approximate surface area is 106 Å². The van der Waals surface area contributed by atoms with Crippen LogP contribution in [0.15, 0.2) is 12.7 Å². The van der Waals surface area contributed by atoms with E-state index in [1.54, 1.807) is 11.8 Å². The summed E-state index contributed by atoms with van der Waals surface area (Å²) in [6.45, 7) is 6.87. The third-order valence-electron chi connectivity index (χ3n) is 1.62. The Balaban J connectivity index is 0. The fraction of sp³-hybridized carbons (Fsp3) is 0.636. The molecule has 0 aliphatic carbocycles. The van der Waals surface area contributed by atoms with Crippen molar-refractivity contribution in [3.63, 3.8) is 0 Å². The van der Waals surface area contributed by atoms with Gasteiger partial charge < -0.3 is 15.5 Å². The molecule has 0 aliphatic heterocycles. The van der Waals surface area contributed by atoms with Crippen LogP contribution >= 0.6 is 11.8 Å². The molecular weight excluding hydrogens is 242 g/mol. The molecule has 0 amide bonds. The molecule has 0 radical (unpaired) electrons. The van der Waals surface area contributed by atoms with E-state index in [-0.39, 0.29) is 6.04 Å². The van der Waals surface area contributed by atoms with Crippen LogP contribution in [0.3, 0.4) is 0 Å². The van der Waals surface area contributed by atoms with E-state index in [0.717, 1.165) is 11.8 Å². The number of nitrogens with one attached hydrogen (secondary N) is 1. The average molecular weight is 263 g/mol. The highest BCUT2D eigenvalue weighted by molar-refractivity contribution is 7.98. The summed E-state index contributed by atoms with van der Waals surface area (Å²) < 4.78 is 0. The lowest BCUT2D eigenvalue weighted by Gasteiger charge is -2.16. The van der Waals surface area contributed by atoms with Gasteiger partial charge in [-0.25, -0.2) is 4.79 Å². The molecule has 1 atom stereocenters. The number of carboxylic acid groups (broad SMARTS) is 2. The highest BCUT2D eigenvalue weighted by Gasteiger charge is 2.16. The molecule has 0 saturated carbocycles. The molecule has 0 aromatic rings. The van der Waals surface area contributed by atoms with Gasteiger partial charge in [-0.2, -0.15) is 11.8 Å². The van der Waals surface area contributed by atoms with Crippen molar-refractivity contribution >= 4 is 23.7 Å². The van der Waals surface area contributed by atoms with Crippen molar-refractivity contribution in [3.05, 3.63) is 12.7 Å². The SMILES string of the molecule is C=CC(=O)O.CSCC[C@H](NC(C)C)C(=O)O. The number of aliphatic carboxylic acids is 2. The van der Waals surface area contributed by atoms with Crippen molar-refractivity contribution in [2.24, 2.45) is 0 Å². The van der Waals surface area contributed by atoms with Crippen molar-refractivity contribution in [1.29, 1.82) is 0 Å². The lowest BCUT2D eigenvalue weighted by atomic mass is 10.2. The third-order valence-corrected chi connectivity index (χ3v) is 2.26.